The zero-order valence-electron chi connectivity index (χ0n) is 7.79. The van der Waals surface area contributed by atoms with E-state index >= 15 is 0 Å². The zero-order valence-corrected chi connectivity index (χ0v) is 7.79. The quantitative estimate of drug-likeness (QED) is 0.683. The zero-order chi connectivity index (χ0) is 8.93. The predicted octanol–water partition coefficient (Wildman–Crippen LogP) is 0.205. The molecule has 13 heavy (non-hydrogen) atoms. The molecule has 1 aliphatic rings. The minimum absolute atomic E-state index is 1.00. The highest BCUT2D eigenvalue weighted by molar-refractivity contribution is 4.94. The lowest BCUT2D eigenvalue weighted by atomic mass is 10.3. The molecule has 1 aromatic heterocycles. The lowest BCUT2D eigenvalue weighted by molar-refractivity contribution is 0.281. The number of hydrogen-bond acceptors (Lipinski definition) is 3. The Morgan fingerprint density at radius 1 is 1.38 bits per heavy atom. The third kappa shape index (κ3) is 2.54. The Kier molecular flexibility index (Phi) is 2.94. The molecule has 4 heteroatoms. The number of imidazole rings is 1. The minimum Gasteiger partial charge on any atom is -0.347 e. The first-order chi connectivity index (χ1) is 6.45. The molecule has 0 aliphatic carbocycles. The molecule has 1 aliphatic heterocycles. The Bertz CT molecular complexity index is 224. The van der Waals surface area contributed by atoms with Crippen molar-refractivity contribution in [3.05, 3.63) is 18.2 Å². The summed E-state index contributed by atoms with van der Waals surface area (Å²) in [5.74, 6) is 0. The summed E-state index contributed by atoms with van der Waals surface area (Å²) in [7, 11) is 0. The van der Waals surface area contributed by atoms with Crippen LogP contribution < -0.4 is 5.32 Å². The fraction of sp³-hybridized carbons (Fsp3) is 0.667. The van der Waals surface area contributed by atoms with Gasteiger partial charge in [-0.05, 0) is 19.5 Å². The van der Waals surface area contributed by atoms with Gasteiger partial charge in [0.1, 0.15) is 0 Å². The van der Waals surface area contributed by atoms with Gasteiger partial charge in [0.2, 0.25) is 0 Å². The number of hydrogen-bond donors (Lipinski definition) is 2. The molecule has 0 atom stereocenters. The van der Waals surface area contributed by atoms with Crippen molar-refractivity contribution in [3.63, 3.8) is 0 Å². The maximum Gasteiger partial charge on any atom is 0.0922 e. The topological polar surface area (TPSA) is 44.0 Å². The van der Waals surface area contributed by atoms with Crippen molar-refractivity contribution in [1.82, 2.24) is 20.2 Å². The lowest BCUT2D eigenvalue weighted by Gasteiger charge is -2.17. The smallest absolute Gasteiger partial charge is 0.0922 e. The van der Waals surface area contributed by atoms with Gasteiger partial charge in [-0.15, -0.1) is 0 Å². The monoisotopic (exact) mass is 180 g/mol. The van der Waals surface area contributed by atoms with E-state index in [0.717, 1.165) is 26.2 Å². The summed E-state index contributed by atoms with van der Waals surface area (Å²) >= 11 is 0. The second-order valence-electron chi connectivity index (χ2n) is 3.46. The van der Waals surface area contributed by atoms with E-state index in [-0.39, 0.29) is 0 Å². The van der Waals surface area contributed by atoms with E-state index in [1.54, 1.807) is 6.33 Å². The fourth-order valence-electron chi connectivity index (χ4n) is 1.67. The van der Waals surface area contributed by atoms with Crippen LogP contribution in [0.2, 0.25) is 0 Å². The molecule has 0 saturated carbocycles. The summed E-state index contributed by atoms with van der Waals surface area (Å²) in [5, 5.41) is 3.39. The molecule has 0 unspecified atom stereocenters. The van der Waals surface area contributed by atoms with Gasteiger partial charge in [0.25, 0.3) is 0 Å². The Hall–Kier alpha value is -0.870. The van der Waals surface area contributed by atoms with Crippen LogP contribution >= 0.6 is 0 Å². The highest BCUT2D eigenvalue weighted by atomic mass is 15.2. The number of nitrogens with zero attached hydrogens (tertiary/aromatic N) is 2. The Labute approximate surface area is 78.4 Å². The van der Waals surface area contributed by atoms with Crippen molar-refractivity contribution in [1.29, 1.82) is 0 Å². The average molecular weight is 180 g/mol. The number of rotatable bonds is 2. The first-order valence-corrected chi connectivity index (χ1v) is 4.85. The van der Waals surface area contributed by atoms with Gasteiger partial charge in [-0.1, -0.05) is 0 Å². The first kappa shape index (κ1) is 8.72. The number of aromatic nitrogens is 2. The fourth-order valence-corrected chi connectivity index (χ4v) is 1.67. The van der Waals surface area contributed by atoms with E-state index in [2.05, 4.69) is 20.2 Å². The molecule has 0 bridgehead atoms. The van der Waals surface area contributed by atoms with E-state index in [9.17, 15) is 0 Å². The van der Waals surface area contributed by atoms with Gasteiger partial charge in [-0.25, -0.2) is 4.98 Å². The molecule has 72 valence electrons. The van der Waals surface area contributed by atoms with Gasteiger partial charge in [0, 0.05) is 31.5 Å². The van der Waals surface area contributed by atoms with Gasteiger partial charge in [-0.3, -0.25) is 4.90 Å². The summed E-state index contributed by atoms with van der Waals surface area (Å²) < 4.78 is 0. The standard InChI is InChI=1S/C9H16N4/c1-2-10-3-5-13(4-1)7-9-6-11-8-12-9/h6,8,10H,1-5,7H2,(H,11,12). The molecule has 2 rings (SSSR count). The van der Waals surface area contributed by atoms with Crippen molar-refractivity contribution in [2.24, 2.45) is 0 Å². The third-order valence-electron chi connectivity index (χ3n) is 2.38. The molecule has 2 heterocycles. The SMILES string of the molecule is c1ncc(CN2CCCNCC2)[nH]1. The molecule has 0 amide bonds. The molecule has 2 N–H and O–H groups in total. The summed E-state index contributed by atoms with van der Waals surface area (Å²) in [5.41, 5.74) is 1.21. The van der Waals surface area contributed by atoms with E-state index in [1.165, 1.54) is 18.7 Å². The highest BCUT2D eigenvalue weighted by Crippen LogP contribution is 2.02. The van der Waals surface area contributed by atoms with Crippen LogP contribution in [0, 0.1) is 0 Å². The van der Waals surface area contributed by atoms with Gasteiger partial charge < -0.3 is 10.3 Å². The normalized spacial score (nSPS) is 20.0. The van der Waals surface area contributed by atoms with Crippen LogP contribution in [-0.2, 0) is 6.54 Å². The van der Waals surface area contributed by atoms with E-state index in [1.807, 2.05) is 6.20 Å². The predicted molar refractivity (Wildman–Crippen MR) is 51.4 cm³/mol. The molecule has 1 aromatic rings. The van der Waals surface area contributed by atoms with Crippen LogP contribution in [0.15, 0.2) is 12.5 Å². The molecule has 4 nitrogen and oxygen atoms in total. The van der Waals surface area contributed by atoms with Gasteiger partial charge in [-0.2, -0.15) is 0 Å². The number of nitrogens with one attached hydrogen (secondary N) is 2. The van der Waals surface area contributed by atoms with Crippen molar-refractivity contribution in [3.8, 4) is 0 Å². The largest absolute Gasteiger partial charge is 0.347 e. The van der Waals surface area contributed by atoms with Crippen molar-refractivity contribution in [2.45, 2.75) is 13.0 Å². The van der Waals surface area contributed by atoms with E-state index in [0.29, 0.717) is 0 Å². The van der Waals surface area contributed by atoms with Crippen LogP contribution in [0.1, 0.15) is 12.1 Å². The summed E-state index contributed by atoms with van der Waals surface area (Å²) in [6, 6.07) is 0. The van der Waals surface area contributed by atoms with Crippen molar-refractivity contribution >= 4 is 0 Å². The van der Waals surface area contributed by atoms with Crippen LogP contribution in [-0.4, -0.2) is 41.0 Å². The second kappa shape index (κ2) is 4.39. The summed E-state index contributed by atoms with van der Waals surface area (Å²) in [6.45, 7) is 5.58. The first-order valence-electron chi connectivity index (χ1n) is 4.85. The van der Waals surface area contributed by atoms with Crippen molar-refractivity contribution < 1.29 is 0 Å². The maximum absolute atomic E-state index is 4.01. The number of H-pyrrole nitrogens is 1. The van der Waals surface area contributed by atoms with Gasteiger partial charge >= 0.3 is 0 Å². The second-order valence-corrected chi connectivity index (χ2v) is 3.46. The van der Waals surface area contributed by atoms with E-state index < -0.39 is 0 Å². The van der Waals surface area contributed by atoms with Crippen LogP contribution in [0.5, 0.6) is 0 Å². The van der Waals surface area contributed by atoms with Crippen LogP contribution in [0.3, 0.4) is 0 Å². The molecular weight excluding hydrogens is 164 g/mol. The van der Waals surface area contributed by atoms with Crippen LogP contribution in [0.4, 0.5) is 0 Å². The Balaban J connectivity index is 1.86. The average Bonchev–Trinajstić information content (AvgIpc) is 2.49. The Morgan fingerprint density at radius 3 is 3.23 bits per heavy atom. The minimum atomic E-state index is 1.00. The van der Waals surface area contributed by atoms with Crippen LogP contribution in [0.25, 0.3) is 0 Å². The molecule has 0 radical (unpaired) electrons. The summed E-state index contributed by atoms with van der Waals surface area (Å²) in [6.07, 6.45) is 4.89. The molecular formula is C9H16N4. The highest BCUT2D eigenvalue weighted by Gasteiger charge is 2.08. The summed E-state index contributed by atoms with van der Waals surface area (Å²) in [4.78, 5) is 9.60. The van der Waals surface area contributed by atoms with Gasteiger partial charge in [0.05, 0.1) is 6.33 Å². The molecule has 1 fully saturated rings. The molecule has 0 aromatic carbocycles. The molecule has 0 spiro atoms. The van der Waals surface area contributed by atoms with E-state index in [4.69, 9.17) is 0 Å². The third-order valence-corrected chi connectivity index (χ3v) is 2.38. The van der Waals surface area contributed by atoms with Gasteiger partial charge in [0.15, 0.2) is 0 Å². The Morgan fingerprint density at radius 2 is 2.38 bits per heavy atom. The number of aromatic amines is 1. The lowest BCUT2D eigenvalue weighted by Crippen LogP contribution is -2.27. The molecule has 1 saturated heterocycles. The maximum atomic E-state index is 4.01. The van der Waals surface area contributed by atoms with Crippen molar-refractivity contribution in [2.75, 3.05) is 26.2 Å².